The minimum atomic E-state index is 0.444. The summed E-state index contributed by atoms with van der Waals surface area (Å²) in [6.07, 6.45) is 1.43. The van der Waals surface area contributed by atoms with Crippen molar-refractivity contribution in [2.75, 3.05) is 12.4 Å². The summed E-state index contributed by atoms with van der Waals surface area (Å²) in [6.45, 7) is 3.89. The molecule has 0 saturated heterocycles. The summed E-state index contributed by atoms with van der Waals surface area (Å²) >= 11 is 5.96. The van der Waals surface area contributed by atoms with E-state index in [9.17, 15) is 0 Å². The van der Waals surface area contributed by atoms with Gasteiger partial charge in [-0.25, -0.2) is 9.97 Å². The zero-order valence-electron chi connectivity index (χ0n) is 10.5. The summed E-state index contributed by atoms with van der Waals surface area (Å²) in [7, 11) is 1.63. The van der Waals surface area contributed by atoms with Gasteiger partial charge >= 0.3 is 0 Å². The molecule has 0 aliphatic heterocycles. The lowest BCUT2D eigenvalue weighted by Gasteiger charge is -2.13. The van der Waals surface area contributed by atoms with Gasteiger partial charge in [-0.05, 0) is 31.5 Å². The van der Waals surface area contributed by atoms with Gasteiger partial charge in [0.05, 0.1) is 12.8 Å². The SMILES string of the molecule is COc1ccc(C)cc1Nc1ncnc(Cl)c1C. The minimum absolute atomic E-state index is 0.444. The molecular formula is C13H14ClN3O. The van der Waals surface area contributed by atoms with Gasteiger partial charge in [-0.15, -0.1) is 0 Å². The summed E-state index contributed by atoms with van der Waals surface area (Å²) in [5, 5.41) is 3.66. The molecule has 1 aromatic heterocycles. The number of methoxy groups -OCH3 is 1. The van der Waals surface area contributed by atoms with E-state index in [-0.39, 0.29) is 0 Å². The number of nitrogens with zero attached hydrogens (tertiary/aromatic N) is 2. The van der Waals surface area contributed by atoms with E-state index in [0.717, 1.165) is 22.6 Å². The Hall–Kier alpha value is -1.81. The van der Waals surface area contributed by atoms with Gasteiger partial charge in [0.15, 0.2) is 0 Å². The van der Waals surface area contributed by atoms with Crippen LogP contribution >= 0.6 is 11.6 Å². The Balaban J connectivity index is 2.39. The number of halogens is 1. The van der Waals surface area contributed by atoms with E-state index in [2.05, 4.69) is 15.3 Å². The van der Waals surface area contributed by atoms with Crippen LogP contribution in [0.5, 0.6) is 5.75 Å². The maximum atomic E-state index is 5.96. The highest BCUT2D eigenvalue weighted by Crippen LogP contribution is 2.29. The second-order valence-electron chi connectivity index (χ2n) is 3.97. The van der Waals surface area contributed by atoms with E-state index in [1.165, 1.54) is 6.33 Å². The maximum absolute atomic E-state index is 5.96. The van der Waals surface area contributed by atoms with Crippen molar-refractivity contribution >= 4 is 23.1 Å². The molecule has 0 amide bonds. The van der Waals surface area contributed by atoms with Crippen molar-refractivity contribution in [2.24, 2.45) is 0 Å². The molecule has 2 rings (SSSR count). The van der Waals surface area contributed by atoms with E-state index >= 15 is 0 Å². The number of ether oxygens (including phenoxy) is 1. The average molecular weight is 264 g/mol. The van der Waals surface area contributed by atoms with Crippen molar-refractivity contribution in [1.29, 1.82) is 0 Å². The Labute approximate surface area is 111 Å². The first-order valence-corrected chi connectivity index (χ1v) is 5.88. The molecule has 1 heterocycles. The number of hydrogen-bond acceptors (Lipinski definition) is 4. The lowest BCUT2D eigenvalue weighted by Crippen LogP contribution is -2.00. The van der Waals surface area contributed by atoms with Crippen molar-refractivity contribution in [3.05, 3.63) is 40.8 Å². The molecule has 5 heteroatoms. The van der Waals surface area contributed by atoms with Crippen molar-refractivity contribution < 1.29 is 4.74 Å². The number of benzene rings is 1. The fraction of sp³-hybridized carbons (Fsp3) is 0.231. The van der Waals surface area contributed by atoms with Crippen molar-refractivity contribution in [1.82, 2.24) is 9.97 Å². The van der Waals surface area contributed by atoms with Gasteiger partial charge in [0.1, 0.15) is 23.0 Å². The summed E-state index contributed by atoms with van der Waals surface area (Å²) in [4.78, 5) is 8.10. The highest BCUT2D eigenvalue weighted by molar-refractivity contribution is 6.30. The second-order valence-corrected chi connectivity index (χ2v) is 4.32. The molecule has 0 atom stereocenters. The summed E-state index contributed by atoms with van der Waals surface area (Å²) in [5.41, 5.74) is 2.80. The maximum Gasteiger partial charge on any atom is 0.142 e. The normalized spacial score (nSPS) is 10.2. The number of aromatic nitrogens is 2. The highest BCUT2D eigenvalue weighted by Gasteiger charge is 2.08. The predicted molar refractivity (Wildman–Crippen MR) is 72.8 cm³/mol. The minimum Gasteiger partial charge on any atom is -0.495 e. The number of aryl methyl sites for hydroxylation is 1. The fourth-order valence-electron chi connectivity index (χ4n) is 1.60. The Morgan fingerprint density at radius 2 is 2.00 bits per heavy atom. The molecule has 2 aromatic rings. The van der Waals surface area contributed by atoms with Gasteiger partial charge in [0.25, 0.3) is 0 Å². The van der Waals surface area contributed by atoms with Crippen LogP contribution in [-0.2, 0) is 0 Å². The third-order valence-electron chi connectivity index (χ3n) is 2.63. The van der Waals surface area contributed by atoms with E-state index in [4.69, 9.17) is 16.3 Å². The Bertz CT molecular complexity index is 572. The number of hydrogen-bond donors (Lipinski definition) is 1. The van der Waals surface area contributed by atoms with Crippen LogP contribution in [-0.4, -0.2) is 17.1 Å². The largest absolute Gasteiger partial charge is 0.495 e. The van der Waals surface area contributed by atoms with Crippen LogP contribution < -0.4 is 10.1 Å². The molecule has 4 nitrogen and oxygen atoms in total. The summed E-state index contributed by atoms with van der Waals surface area (Å²) in [5.74, 6) is 1.44. The van der Waals surface area contributed by atoms with Gasteiger partial charge in [0, 0.05) is 5.56 Å². The second kappa shape index (κ2) is 5.23. The van der Waals surface area contributed by atoms with E-state index in [0.29, 0.717) is 11.0 Å². The molecule has 0 aliphatic carbocycles. The Kier molecular flexibility index (Phi) is 3.67. The van der Waals surface area contributed by atoms with Crippen molar-refractivity contribution in [3.63, 3.8) is 0 Å². The van der Waals surface area contributed by atoms with Crippen molar-refractivity contribution in [3.8, 4) is 5.75 Å². The molecule has 0 bridgehead atoms. The quantitative estimate of drug-likeness (QED) is 0.861. The zero-order chi connectivity index (χ0) is 13.1. The first kappa shape index (κ1) is 12.6. The number of anilines is 2. The van der Waals surface area contributed by atoms with E-state index in [1.54, 1.807) is 7.11 Å². The molecule has 0 radical (unpaired) electrons. The van der Waals surface area contributed by atoms with Crippen LogP contribution in [0.2, 0.25) is 5.15 Å². The molecular weight excluding hydrogens is 250 g/mol. The monoisotopic (exact) mass is 263 g/mol. The molecule has 0 spiro atoms. The van der Waals surface area contributed by atoms with Gasteiger partial charge < -0.3 is 10.1 Å². The molecule has 0 aliphatic rings. The first-order chi connectivity index (χ1) is 8.61. The van der Waals surface area contributed by atoms with Crippen LogP contribution in [0.3, 0.4) is 0 Å². The van der Waals surface area contributed by atoms with Crippen LogP contribution in [0, 0.1) is 13.8 Å². The van der Waals surface area contributed by atoms with Gasteiger partial charge in [-0.2, -0.15) is 0 Å². The third kappa shape index (κ3) is 2.54. The van der Waals surface area contributed by atoms with Crippen LogP contribution in [0.4, 0.5) is 11.5 Å². The standard InChI is InChI=1S/C13H14ClN3O/c1-8-4-5-11(18-3)10(6-8)17-13-9(2)12(14)15-7-16-13/h4-7H,1-3H3,(H,15,16,17). The smallest absolute Gasteiger partial charge is 0.142 e. The van der Waals surface area contributed by atoms with E-state index in [1.807, 2.05) is 32.0 Å². The fourth-order valence-corrected chi connectivity index (χ4v) is 1.73. The van der Waals surface area contributed by atoms with Crippen LogP contribution in [0.15, 0.2) is 24.5 Å². The Morgan fingerprint density at radius 1 is 1.22 bits per heavy atom. The summed E-state index contributed by atoms with van der Waals surface area (Å²) < 4.78 is 5.30. The lowest BCUT2D eigenvalue weighted by molar-refractivity contribution is 0.416. The molecule has 18 heavy (non-hydrogen) atoms. The van der Waals surface area contributed by atoms with Crippen molar-refractivity contribution in [2.45, 2.75) is 13.8 Å². The average Bonchev–Trinajstić information content (AvgIpc) is 2.35. The lowest BCUT2D eigenvalue weighted by atomic mass is 10.2. The molecule has 94 valence electrons. The number of nitrogens with one attached hydrogen (secondary N) is 1. The predicted octanol–water partition coefficient (Wildman–Crippen LogP) is 3.50. The topological polar surface area (TPSA) is 47.0 Å². The van der Waals surface area contributed by atoms with E-state index < -0.39 is 0 Å². The van der Waals surface area contributed by atoms with Gasteiger partial charge in [-0.1, -0.05) is 17.7 Å². The molecule has 1 aromatic carbocycles. The molecule has 1 N–H and O–H groups in total. The molecule has 0 saturated carbocycles. The molecule has 0 fully saturated rings. The summed E-state index contributed by atoms with van der Waals surface area (Å²) in [6, 6.07) is 5.90. The zero-order valence-corrected chi connectivity index (χ0v) is 11.2. The highest BCUT2D eigenvalue weighted by atomic mass is 35.5. The molecule has 0 unspecified atom stereocenters. The van der Waals surface area contributed by atoms with Gasteiger partial charge in [0.2, 0.25) is 0 Å². The van der Waals surface area contributed by atoms with Crippen LogP contribution in [0.25, 0.3) is 0 Å². The van der Waals surface area contributed by atoms with Crippen LogP contribution in [0.1, 0.15) is 11.1 Å². The third-order valence-corrected chi connectivity index (χ3v) is 3.01. The first-order valence-electron chi connectivity index (χ1n) is 5.50. The number of rotatable bonds is 3. The Morgan fingerprint density at radius 3 is 2.72 bits per heavy atom. The van der Waals surface area contributed by atoms with Gasteiger partial charge in [-0.3, -0.25) is 0 Å².